The predicted molar refractivity (Wildman–Crippen MR) is 69.8 cm³/mol. The molecule has 2 aromatic rings. The molecule has 1 aromatic carbocycles. The number of carbonyl (C=O) groups is 1. The normalized spacial score (nSPS) is 20.6. The number of H-pyrrole nitrogens is 1. The lowest BCUT2D eigenvalue weighted by Crippen LogP contribution is -2.46. The molecule has 0 radical (unpaired) electrons. The van der Waals surface area contributed by atoms with Gasteiger partial charge in [0.05, 0.1) is 6.61 Å². The first-order valence-corrected chi connectivity index (χ1v) is 6.14. The third kappa shape index (κ3) is 2.56. The minimum atomic E-state index is -0.424. The number of anilines is 1. The minimum Gasteiger partial charge on any atom is -0.366 e. The second-order valence-corrected chi connectivity index (χ2v) is 4.64. The van der Waals surface area contributed by atoms with Crippen molar-refractivity contribution in [2.45, 2.75) is 6.10 Å². The molecule has 1 atom stereocenters. The third-order valence-electron chi connectivity index (χ3n) is 3.15. The first kappa shape index (κ1) is 12.1. The van der Waals surface area contributed by atoms with E-state index < -0.39 is 6.10 Å². The SMILES string of the molecule is CN1CCO[C@@H](C(=O)Nc2ccc3n[nH]nc3c2)C1. The number of morpholine rings is 1. The molecule has 0 saturated carbocycles. The molecular formula is C12H15N5O2. The van der Waals surface area contributed by atoms with E-state index in [1.165, 1.54) is 0 Å². The summed E-state index contributed by atoms with van der Waals surface area (Å²) < 4.78 is 5.47. The largest absolute Gasteiger partial charge is 0.366 e. The number of hydrogen-bond donors (Lipinski definition) is 2. The smallest absolute Gasteiger partial charge is 0.254 e. The highest BCUT2D eigenvalue weighted by molar-refractivity contribution is 5.95. The molecule has 2 heterocycles. The lowest BCUT2D eigenvalue weighted by Gasteiger charge is -2.29. The van der Waals surface area contributed by atoms with Gasteiger partial charge in [-0.1, -0.05) is 0 Å². The van der Waals surface area contributed by atoms with E-state index in [9.17, 15) is 4.79 Å². The fourth-order valence-corrected chi connectivity index (χ4v) is 2.08. The average Bonchev–Trinajstić information content (AvgIpc) is 2.86. The molecule has 0 bridgehead atoms. The molecule has 0 aliphatic carbocycles. The van der Waals surface area contributed by atoms with Crippen LogP contribution in [-0.2, 0) is 9.53 Å². The lowest BCUT2D eigenvalue weighted by atomic mass is 10.2. The highest BCUT2D eigenvalue weighted by atomic mass is 16.5. The Bertz CT molecular complexity index is 597. The van der Waals surface area contributed by atoms with Gasteiger partial charge in [-0.05, 0) is 25.2 Å². The summed E-state index contributed by atoms with van der Waals surface area (Å²) in [5.41, 5.74) is 2.19. The molecule has 3 rings (SSSR count). The van der Waals surface area contributed by atoms with E-state index in [1.54, 1.807) is 12.1 Å². The zero-order valence-corrected chi connectivity index (χ0v) is 10.6. The van der Waals surface area contributed by atoms with Crippen molar-refractivity contribution < 1.29 is 9.53 Å². The molecule has 2 N–H and O–H groups in total. The van der Waals surface area contributed by atoms with Crippen LogP contribution in [0.1, 0.15) is 0 Å². The number of carbonyl (C=O) groups excluding carboxylic acids is 1. The zero-order chi connectivity index (χ0) is 13.2. The van der Waals surface area contributed by atoms with Crippen molar-refractivity contribution in [2.75, 3.05) is 32.1 Å². The number of amides is 1. The fourth-order valence-electron chi connectivity index (χ4n) is 2.08. The van der Waals surface area contributed by atoms with E-state index in [-0.39, 0.29) is 5.91 Å². The molecule has 1 fully saturated rings. The number of fused-ring (bicyclic) bond motifs is 1. The first-order valence-electron chi connectivity index (χ1n) is 6.14. The van der Waals surface area contributed by atoms with Crippen molar-refractivity contribution in [3.8, 4) is 0 Å². The summed E-state index contributed by atoms with van der Waals surface area (Å²) in [6.45, 7) is 2.05. The maximum atomic E-state index is 12.1. The van der Waals surface area contributed by atoms with Crippen molar-refractivity contribution in [2.24, 2.45) is 0 Å². The molecule has 7 nitrogen and oxygen atoms in total. The molecule has 1 aliphatic heterocycles. The van der Waals surface area contributed by atoms with Crippen molar-refractivity contribution in [3.63, 3.8) is 0 Å². The van der Waals surface area contributed by atoms with Gasteiger partial charge in [-0.3, -0.25) is 4.79 Å². The topological polar surface area (TPSA) is 83.1 Å². The van der Waals surface area contributed by atoms with Crippen LogP contribution in [0.25, 0.3) is 11.0 Å². The third-order valence-corrected chi connectivity index (χ3v) is 3.15. The van der Waals surface area contributed by atoms with E-state index >= 15 is 0 Å². The molecule has 19 heavy (non-hydrogen) atoms. The van der Waals surface area contributed by atoms with E-state index in [4.69, 9.17) is 4.74 Å². The van der Waals surface area contributed by atoms with Gasteiger partial charge in [0.25, 0.3) is 5.91 Å². The number of nitrogens with zero attached hydrogens (tertiary/aromatic N) is 3. The number of rotatable bonds is 2. The number of likely N-dealkylation sites (N-methyl/N-ethyl adjacent to an activating group) is 1. The second kappa shape index (κ2) is 4.94. The van der Waals surface area contributed by atoms with Gasteiger partial charge in [0.2, 0.25) is 0 Å². The van der Waals surface area contributed by atoms with Gasteiger partial charge in [0, 0.05) is 18.8 Å². The summed E-state index contributed by atoms with van der Waals surface area (Å²) in [7, 11) is 1.98. The maximum absolute atomic E-state index is 12.1. The van der Waals surface area contributed by atoms with Gasteiger partial charge in [0.15, 0.2) is 0 Å². The van der Waals surface area contributed by atoms with Crippen LogP contribution in [0.5, 0.6) is 0 Å². The Kier molecular flexibility index (Phi) is 3.14. The monoisotopic (exact) mass is 261 g/mol. The van der Waals surface area contributed by atoms with Gasteiger partial charge in [-0.15, -0.1) is 0 Å². The van der Waals surface area contributed by atoms with Gasteiger partial charge in [-0.2, -0.15) is 15.4 Å². The minimum absolute atomic E-state index is 0.130. The molecule has 1 saturated heterocycles. The van der Waals surface area contributed by atoms with Crippen LogP contribution in [-0.4, -0.2) is 59.1 Å². The Labute approximate surface area is 109 Å². The van der Waals surface area contributed by atoms with Crippen molar-refractivity contribution in [3.05, 3.63) is 18.2 Å². The summed E-state index contributed by atoms with van der Waals surface area (Å²) in [6, 6.07) is 5.39. The van der Waals surface area contributed by atoms with Crippen molar-refractivity contribution in [1.82, 2.24) is 20.3 Å². The first-order chi connectivity index (χ1) is 9.22. The van der Waals surface area contributed by atoms with Crippen LogP contribution in [0.3, 0.4) is 0 Å². The van der Waals surface area contributed by atoms with Crippen LogP contribution in [0.15, 0.2) is 18.2 Å². The molecule has 1 aromatic heterocycles. The fraction of sp³-hybridized carbons (Fsp3) is 0.417. The molecule has 100 valence electrons. The van der Waals surface area contributed by atoms with Crippen LogP contribution >= 0.6 is 0 Å². The number of nitrogens with one attached hydrogen (secondary N) is 2. The van der Waals surface area contributed by atoms with Crippen LogP contribution in [0.2, 0.25) is 0 Å². The molecule has 0 spiro atoms. The van der Waals surface area contributed by atoms with Crippen LogP contribution < -0.4 is 5.32 Å². The van der Waals surface area contributed by atoms with E-state index in [0.29, 0.717) is 18.8 Å². The van der Waals surface area contributed by atoms with E-state index in [1.807, 2.05) is 13.1 Å². The summed E-state index contributed by atoms with van der Waals surface area (Å²) >= 11 is 0. The summed E-state index contributed by atoms with van der Waals surface area (Å²) in [5, 5.41) is 13.3. The zero-order valence-electron chi connectivity index (χ0n) is 10.6. The Morgan fingerprint density at radius 3 is 3.16 bits per heavy atom. The molecule has 0 unspecified atom stereocenters. The van der Waals surface area contributed by atoms with Crippen molar-refractivity contribution in [1.29, 1.82) is 0 Å². The van der Waals surface area contributed by atoms with Gasteiger partial charge in [0.1, 0.15) is 17.1 Å². The van der Waals surface area contributed by atoms with Crippen LogP contribution in [0.4, 0.5) is 5.69 Å². The molecule has 1 aliphatic rings. The Morgan fingerprint density at radius 1 is 1.47 bits per heavy atom. The number of benzene rings is 1. The van der Waals surface area contributed by atoms with Gasteiger partial charge >= 0.3 is 0 Å². The van der Waals surface area contributed by atoms with Gasteiger partial charge < -0.3 is 15.0 Å². The number of hydrogen-bond acceptors (Lipinski definition) is 5. The Hall–Kier alpha value is -1.99. The highest BCUT2D eigenvalue weighted by Crippen LogP contribution is 2.15. The number of ether oxygens (including phenoxy) is 1. The molecule has 1 amide bonds. The lowest BCUT2D eigenvalue weighted by molar-refractivity contribution is -0.132. The number of aromatic nitrogens is 3. The molecule has 7 heteroatoms. The summed E-state index contributed by atoms with van der Waals surface area (Å²) in [6.07, 6.45) is -0.424. The maximum Gasteiger partial charge on any atom is 0.254 e. The summed E-state index contributed by atoms with van der Waals surface area (Å²) in [5.74, 6) is -0.130. The van der Waals surface area contributed by atoms with Gasteiger partial charge in [-0.25, -0.2) is 0 Å². The molecular weight excluding hydrogens is 246 g/mol. The number of aromatic amines is 1. The quantitative estimate of drug-likeness (QED) is 0.808. The van der Waals surface area contributed by atoms with Crippen molar-refractivity contribution >= 4 is 22.6 Å². The van der Waals surface area contributed by atoms with E-state index in [2.05, 4.69) is 25.6 Å². The second-order valence-electron chi connectivity index (χ2n) is 4.64. The van der Waals surface area contributed by atoms with E-state index in [0.717, 1.165) is 17.6 Å². The van der Waals surface area contributed by atoms with Crippen LogP contribution in [0, 0.1) is 0 Å². The Balaban J connectivity index is 1.71. The summed E-state index contributed by atoms with van der Waals surface area (Å²) in [4.78, 5) is 14.2. The Morgan fingerprint density at radius 2 is 2.32 bits per heavy atom. The predicted octanol–water partition coefficient (Wildman–Crippen LogP) is 0.227. The average molecular weight is 261 g/mol. The highest BCUT2D eigenvalue weighted by Gasteiger charge is 2.24. The standard InChI is InChI=1S/C12H15N5O2/c1-17-4-5-19-11(7-17)12(18)13-8-2-3-9-10(6-8)15-16-14-9/h2-3,6,11H,4-5,7H2,1H3,(H,13,18)(H,14,15,16)/t11-/m1/s1.